The van der Waals surface area contributed by atoms with Crippen molar-refractivity contribution < 1.29 is 14.9 Å². The predicted octanol–water partition coefficient (Wildman–Crippen LogP) is 2.93. The zero-order chi connectivity index (χ0) is 14.2. The Balaban J connectivity index is 1.53. The fraction of sp³-hybridized carbons (Fsp3) is 0.625. The summed E-state index contributed by atoms with van der Waals surface area (Å²) in [6.45, 7) is 2.41. The average Bonchev–Trinajstić information content (AvgIpc) is 2.47. The van der Waals surface area contributed by atoms with E-state index in [9.17, 15) is 10.2 Å². The first-order valence-electron chi connectivity index (χ1n) is 7.59. The predicted molar refractivity (Wildman–Crippen MR) is 78.9 cm³/mol. The molecule has 1 fully saturated rings. The molecule has 20 heavy (non-hydrogen) atoms. The number of aromatic hydroxyl groups is 2. The molecule has 1 aromatic rings. The molecule has 0 amide bonds. The van der Waals surface area contributed by atoms with Crippen LogP contribution in [0.3, 0.4) is 0 Å². The first kappa shape index (κ1) is 15.1. The van der Waals surface area contributed by atoms with Crippen LogP contribution in [0.25, 0.3) is 0 Å². The van der Waals surface area contributed by atoms with E-state index in [0.717, 1.165) is 25.1 Å². The zero-order valence-electron chi connectivity index (χ0n) is 12.0. The SMILES string of the molecule is Oc1ccc(CNCCCOC2CCCCC2)cc1O. The maximum absolute atomic E-state index is 9.39. The third kappa shape index (κ3) is 5.02. The smallest absolute Gasteiger partial charge is 0.157 e. The first-order chi connectivity index (χ1) is 9.75. The summed E-state index contributed by atoms with van der Waals surface area (Å²) in [4.78, 5) is 0. The van der Waals surface area contributed by atoms with E-state index in [1.807, 2.05) is 0 Å². The Kier molecular flexibility index (Phi) is 6.15. The summed E-state index contributed by atoms with van der Waals surface area (Å²) >= 11 is 0. The quantitative estimate of drug-likeness (QED) is 0.530. The molecule has 1 aliphatic rings. The Morgan fingerprint density at radius 3 is 2.65 bits per heavy atom. The van der Waals surface area contributed by atoms with Gasteiger partial charge in [0.05, 0.1) is 6.10 Å². The largest absolute Gasteiger partial charge is 0.504 e. The van der Waals surface area contributed by atoms with E-state index in [1.165, 1.54) is 38.2 Å². The van der Waals surface area contributed by atoms with Gasteiger partial charge in [0.2, 0.25) is 0 Å². The minimum atomic E-state index is -0.0744. The maximum atomic E-state index is 9.39. The number of phenolic OH excluding ortho intramolecular Hbond substituents is 2. The zero-order valence-corrected chi connectivity index (χ0v) is 12.0. The average molecular weight is 279 g/mol. The Labute approximate surface area is 120 Å². The second-order valence-electron chi connectivity index (χ2n) is 5.48. The second-order valence-corrected chi connectivity index (χ2v) is 5.48. The molecule has 0 unspecified atom stereocenters. The van der Waals surface area contributed by atoms with Crippen molar-refractivity contribution in [1.29, 1.82) is 0 Å². The van der Waals surface area contributed by atoms with Crippen molar-refractivity contribution in [2.24, 2.45) is 0 Å². The molecule has 0 heterocycles. The van der Waals surface area contributed by atoms with Gasteiger partial charge in [0.25, 0.3) is 0 Å². The molecule has 3 N–H and O–H groups in total. The first-order valence-corrected chi connectivity index (χ1v) is 7.59. The third-order valence-corrected chi connectivity index (χ3v) is 3.77. The summed E-state index contributed by atoms with van der Waals surface area (Å²) in [6, 6.07) is 4.90. The number of phenols is 2. The van der Waals surface area contributed by atoms with Crippen LogP contribution in [0.1, 0.15) is 44.1 Å². The Bertz CT molecular complexity index is 403. The van der Waals surface area contributed by atoms with Crippen LogP contribution in [0.4, 0.5) is 0 Å². The number of benzene rings is 1. The fourth-order valence-corrected chi connectivity index (χ4v) is 2.59. The van der Waals surface area contributed by atoms with Crippen LogP contribution in [0.2, 0.25) is 0 Å². The van der Waals surface area contributed by atoms with E-state index in [4.69, 9.17) is 4.74 Å². The van der Waals surface area contributed by atoms with Crippen LogP contribution in [-0.4, -0.2) is 29.5 Å². The van der Waals surface area contributed by atoms with Crippen LogP contribution >= 0.6 is 0 Å². The van der Waals surface area contributed by atoms with Gasteiger partial charge in [-0.1, -0.05) is 25.3 Å². The van der Waals surface area contributed by atoms with E-state index in [1.54, 1.807) is 12.1 Å². The Morgan fingerprint density at radius 1 is 1.10 bits per heavy atom. The molecule has 0 bridgehead atoms. The van der Waals surface area contributed by atoms with Gasteiger partial charge < -0.3 is 20.3 Å². The summed E-state index contributed by atoms with van der Waals surface area (Å²) < 4.78 is 5.86. The van der Waals surface area contributed by atoms with Gasteiger partial charge in [-0.15, -0.1) is 0 Å². The fourth-order valence-electron chi connectivity index (χ4n) is 2.59. The summed E-state index contributed by atoms with van der Waals surface area (Å²) in [5, 5.41) is 21.9. The summed E-state index contributed by atoms with van der Waals surface area (Å²) in [5.74, 6) is -0.139. The highest BCUT2D eigenvalue weighted by atomic mass is 16.5. The van der Waals surface area contributed by atoms with Crippen molar-refractivity contribution in [1.82, 2.24) is 5.32 Å². The second kappa shape index (κ2) is 8.12. The number of ether oxygens (including phenoxy) is 1. The van der Waals surface area contributed by atoms with Gasteiger partial charge >= 0.3 is 0 Å². The Morgan fingerprint density at radius 2 is 1.90 bits per heavy atom. The van der Waals surface area contributed by atoms with E-state index < -0.39 is 0 Å². The lowest BCUT2D eigenvalue weighted by Crippen LogP contribution is -2.20. The van der Waals surface area contributed by atoms with Gasteiger partial charge in [0.15, 0.2) is 11.5 Å². The number of hydrogen-bond donors (Lipinski definition) is 3. The summed E-state index contributed by atoms with van der Waals surface area (Å²) in [5.41, 5.74) is 0.966. The van der Waals surface area contributed by atoms with Gasteiger partial charge in [0, 0.05) is 13.2 Å². The van der Waals surface area contributed by atoms with E-state index in [-0.39, 0.29) is 11.5 Å². The molecule has 4 heteroatoms. The van der Waals surface area contributed by atoms with E-state index in [2.05, 4.69) is 5.32 Å². The van der Waals surface area contributed by atoms with Crippen molar-refractivity contribution in [3.8, 4) is 11.5 Å². The molecule has 4 nitrogen and oxygen atoms in total. The highest BCUT2D eigenvalue weighted by molar-refractivity contribution is 5.40. The van der Waals surface area contributed by atoms with Crippen molar-refractivity contribution >= 4 is 0 Å². The van der Waals surface area contributed by atoms with Crippen LogP contribution in [0.15, 0.2) is 18.2 Å². The van der Waals surface area contributed by atoms with E-state index in [0.29, 0.717) is 12.6 Å². The van der Waals surface area contributed by atoms with Gasteiger partial charge in [0.1, 0.15) is 0 Å². The molecule has 0 saturated heterocycles. The molecule has 0 atom stereocenters. The maximum Gasteiger partial charge on any atom is 0.157 e. The molecule has 0 aromatic heterocycles. The molecule has 1 saturated carbocycles. The van der Waals surface area contributed by atoms with Crippen molar-refractivity contribution in [2.45, 2.75) is 51.2 Å². The van der Waals surface area contributed by atoms with Crippen LogP contribution in [0.5, 0.6) is 11.5 Å². The van der Waals surface area contributed by atoms with Gasteiger partial charge in [-0.05, 0) is 43.5 Å². The van der Waals surface area contributed by atoms with Gasteiger partial charge in [-0.25, -0.2) is 0 Å². The number of hydrogen-bond acceptors (Lipinski definition) is 4. The highest BCUT2D eigenvalue weighted by Crippen LogP contribution is 2.24. The minimum absolute atomic E-state index is 0.0649. The number of rotatable bonds is 7. The molecule has 0 radical (unpaired) electrons. The molecular weight excluding hydrogens is 254 g/mol. The van der Waals surface area contributed by atoms with Crippen LogP contribution in [-0.2, 0) is 11.3 Å². The normalized spacial score (nSPS) is 16.4. The van der Waals surface area contributed by atoms with Crippen molar-refractivity contribution in [2.75, 3.05) is 13.2 Å². The Hall–Kier alpha value is -1.26. The monoisotopic (exact) mass is 279 g/mol. The summed E-state index contributed by atoms with van der Waals surface area (Å²) in [7, 11) is 0. The van der Waals surface area contributed by atoms with E-state index >= 15 is 0 Å². The number of nitrogens with one attached hydrogen (secondary N) is 1. The standard InChI is InChI=1S/C16H25NO3/c18-15-8-7-13(11-16(15)19)12-17-9-4-10-20-14-5-2-1-3-6-14/h7-8,11,14,17-19H,1-6,9-10,12H2. The topological polar surface area (TPSA) is 61.7 Å². The molecule has 2 rings (SSSR count). The third-order valence-electron chi connectivity index (χ3n) is 3.77. The van der Waals surface area contributed by atoms with Gasteiger partial charge in [-0.3, -0.25) is 0 Å². The minimum Gasteiger partial charge on any atom is -0.504 e. The van der Waals surface area contributed by atoms with Gasteiger partial charge in [-0.2, -0.15) is 0 Å². The van der Waals surface area contributed by atoms with Crippen LogP contribution in [0, 0.1) is 0 Å². The van der Waals surface area contributed by atoms with Crippen molar-refractivity contribution in [3.05, 3.63) is 23.8 Å². The lowest BCUT2D eigenvalue weighted by atomic mass is 9.98. The molecule has 1 aliphatic carbocycles. The van der Waals surface area contributed by atoms with Crippen molar-refractivity contribution in [3.63, 3.8) is 0 Å². The highest BCUT2D eigenvalue weighted by Gasteiger charge is 2.12. The molecule has 0 aliphatic heterocycles. The lowest BCUT2D eigenvalue weighted by molar-refractivity contribution is 0.0273. The molecule has 112 valence electrons. The molecular formula is C16H25NO3. The van der Waals surface area contributed by atoms with Crippen LogP contribution < -0.4 is 5.32 Å². The lowest BCUT2D eigenvalue weighted by Gasteiger charge is -2.21. The molecule has 1 aromatic carbocycles. The summed E-state index contributed by atoms with van der Waals surface area (Å²) in [6.07, 6.45) is 7.92. The molecule has 0 spiro atoms.